The summed E-state index contributed by atoms with van der Waals surface area (Å²) in [6, 6.07) is 11.7. The number of hydrogen-bond donors (Lipinski definition) is 1. The van der Waals surface area contributed by atoms with Gasteiger partial charge in [0, 0.05) is 6.20 Å². The lowest BCUT2D eigenvalue weighted by molar-refractivity contribution is 1.31. The van der Waals surface area contributed by atoms with E-state index in [1.165, 1.54) is 0 Å². The lowest BCUT2D eigenvalue weighted by atomic mass is 10.3. The Morgan fingerprint density at radius 2 is 1.94 bits per heavy atom. The molecule has 2 aromatic heterocycles. The Kier molecular flexibility index (Phi) is 2.08. The number of hydrogen-bond acceptors (Lipinski definition) is 4. The SMILES string of the molecule is Nc1cccnc1-c1nc2ccccc2s1. The first-order valence-electron chi connectivity index (χ1n) is 4.91. The van der Waals surface area contributed by atoms with E-state index in [2.05, 4.69) is 16.0 Å². The fraction of sp³-hybridized carbons (Fsp3) is 0. The van der Waals surface area contributed by atoms with Gasteiger partial charge in [-0.25, -0.2) is 4.98 Å². The normalized spacial score (nSPS) is 10.8. The molecule has 16 heavy (non-hydrogen) atoms. The Balaban J connectivity index is 2.23. The van der Waals surface area contributed by atoms with E-state index in [1.807, 2.05) is 30.3 Å². The summed E-state index contributed by atoms with van der Waals surface area (Å²) in [7, 11) is 0. The van der Waals surface area contributed by atoms with Crippen molar-refractivity contribution in [3.63, 3.8) is 0 Å². The van der Waals surface area contributed by atoms with Crippen LogP contribution in [0.2, 0.25) is 0 Å². The number of benzene rings is 1. The molecule has 0 fully saturated rings. The van der Waals surface area contributed by atoms with Crippen molar-refractivity contribution in [2.45, 2.75) is 0 Å². The van der Waals surface area contributed by atoms with Crippen LogP contribution in [0.5, 0.6) is 0 Å². The minimum absolute atomic E-state index is 0.668. The standard InChI is InChI=1S/C12H9N3S/c13-8-4-3-7-14-11(8)12-15-9-5-1-2-6-10(9)16-12/h1-7H,13H2. The second-order valence-corrected chi connectivity index (χ2v) is 4.46. The van der Waals surface area contributed by atoms with E-state index in [9.17, 15) is 0 Å². The smallest absolute Gasteiger partial charge is 0.145 e. The summed E-state index contributed by atoms with van der Waals surface area (Å²) in [6.07, 6.45) is 1.73. The number of nitrogen functional groups attached to an aromatic ring is 1. The van der Waals surface area contributed by atoms with Crippen LogP contribution in [0.1, 0.15) is 0 Å². The van der Waals surface area contributed by atoms with Crippen LogP contribution in [0.3, 0.4) is 0 Å². The maximum Gasteiger partial charge on any atom is 0.145 e. The van der Waals surface area contributed by atoms with Crippen LogP contribution in [0.25, 0.3) is 20.9 Å². The van der Waals surface area contributed by atoms with Gasteiger partial charge in [0.25, 0.3) is 0 Å². The van der Waals surface area contributed by atoms with Gasteiger partial charge in [0.2, 0.25) is 0 Å². The van der Waals surface area contributed by atoms with Crippen molar-refractivity contribution in [1.82, 2.24) is 9.97 Å². The van der Waals surface area contributed by atoms with Crippen molar-refractivity contribution < 1.29 is 0 Å². The van der Waals surface area contributed by atoms with Gasteiger partial charge in [0.15, 0.2) is 0 Å². The molecule has 3 nitrogen and oxygen atoms in total. The summed E-state index contributed by atoms with van der Waals surface area (Å²) >= 11 is 1.61. The molecule has 0 unspecified atom stereocenters. The molecule has 0 saturated heterocycles. The molecule has 0 amide bonds. The van der Waals surface area contributed by atoms with Gasteiger partial charge in [0.05, 0.1) is 15.9 Å². The van der Waals surface area contributed by atoms with Gasteiger partial charge in [-0.1, -0.05) is 12.1 Å². The van der Waals surface area contributed by atoms with Crippen molar-refractivity contribution in [3.8, 4) is 10.7 Å². The van der Waals surface area contributed by atoms with Gasteiger partial charge in [-0.05, 0) is 24.3 Å². The zero-order chi connectivity index (χ0) is 11.0. The molecule has 2 heterocycles. The molecule has 3 aromatic rings. The first-order valence-corrected chi connectivity index (χ1v) is 5.73. The van der Waals surface area contributed by atoms with E-state index in [0.717, 1.165) is 20.9 Å². The van der Waals surface area contributed by atoms with E-state index in [1.54, 1.807) is 17.5 Å². The van der Waals surface area contributed by atoms with E-state index in [-0.39, 0.29) is 0 Å². The highest BCUT2D eigenvalue weighted by atomic mass is 32.1. The molecule has 0 saturated carbocycles. The zero-order valence-corrected chi connectivity index (χ0v) is 9.24. The Morgan fingerprint density at radius 3 is 2.75 bits per heavy atom. The topological polar surface area (TPSA) is 51.8 Å². The monoisotopic (exact) mass is 227 g/mol. The largest absolute Gasteiger partial charge is 0.397 e. The highest BCUT2D eigenvalue weighted by Crippen LogP contribution is 2.31. The predicted octanol–water partition coefficient (Wildman–Crippen LogP) is 2.94. The van der Waals surface area contributed by atoms with Gasteiger partial charge in [-0.15, -0.1) is 11.3 Å². The maximum absolute atomic E-state index is 5.88. The minimum atomic E-state index is 0.668. The van der Waals surface area contributed by atoms with Crippen molar-refractivity contribution in [1.29, 1.82) is 0 Å². The van der Waals surface area contributed by atoms with Crippen LogP contribution >= 0.6 is 11.3 Å². The molecule has 3 rings (SSSR count). The Hall–Kier alpha value is -1.94. The average Bonchev–Trinajstić information content (AvgIpc) is 2.73. The lowest BCUT2D eigenvalue weighted by Crippen LogP contribution is -1.91. The van der Waals surface area contributed by atoms with Gasteiger partial charge in [-0.3, -0.25) is 4.98 Å². The molecule has 78 valence electrons. The molecule has 0 atom stereocenters. The number of rotatable bonds is 1. The third-order valence-corrected chi connectivity index (χ3v) is 3.38. The second-order valence-electron chi connectivity index (χ2n) is 3.43. The second kappa shape index (κ2) is 3.57. The quantitative estimate of drug-likeness (QED) is 0.695. The van der Waals surface area contributed by atoms with Crippen LogP contribution in [-0.4, -0.2) is 9.97 Å². The van der Waals surface area contributed by atoms with Crippen LogP contribution in [0, 0.1) is 0 Å². The van der Waals surface area contributed by atoms with Gasteiger partial charge in [0.1, 0.15) is 10.7 Å². The highest BCUT2D eigenvalue weighted by molar-refractivity contribution is 7.21. The molecule has 4 heteroatoms. The van der Waals surface area contributed by atoms with E-state index in [4.69, 9.17) is 5.73 Å². The first kappa shape index (κ1) is 9.30. The predicted molar refractivity (Wildman–Crippen MR) is 67.3 cm³/mol. The van der Waals surface area contributed by atoms with Crippen molar-refractivity contribution >= 4 is 27.2 Å². The summed E-state index contributed by atoms with van der Waals surface area (Å²) in [5.74, 6) is 0. The summed E-state index contributed by atoms with van der Waals surface area (Å²) in [4.78, 5) is 8.79. The molecule has 0 radical (unpaired) electrons. The molecule has 1 aromatic carbocycles. The van der Waals surface area contributed by atoms with E-state index in [0.29, 0.717) is 5.69 Å². The fourth-order valence-electron chi connectivity index (χ4n) is 1.57. The molecule has 0 spiro atoms. The Morgan fingerprint density at radius 1 is 1.06 bits per heavy atom. The molecule has 0 aliphatic heterocycles. The number of para-hydroxylation sites is 1. The van der Waals surface area contributed by atoms with Gasteiger partial charge >= 0.3 is 0 Å². The number of thiazole rings is 1. The van der Waals surface area contributed by atoms with Gasteiger partial charge < -0.3 is 5.73 Å². The minimum Gasteiger partial charge on any atom is -0.397 e. The van der Waals surface area contributed by atoms with Crippen LogP contribution in [0.4, 0.5) is 5.69 Å². The van der Waals surface area contributed by atoms with Crippen molar-refractivity contribution in [3.05, 3.63) is 42.6 Å². The zero-order valence-electron chi connectivity index (χ0n) is 8.42. The number of nitrogens with two attached hydrogens (primary N) is 1. The van der Waals surface area contributed by atoms with E-state index < -0.39 is 0 Å². The number of fused-ring (bicyclic) bond motifs is 1. The summed E-state index contributed by atoms with van der Waals surface area (Å²) in [5, 5.41) is 0.874. The number of nitrogens with zero attached hydrogens (tertiary/aromatic N) is 2. The summed E-state index contributed by atoms with van der Waals surface area (Å²) in [5.41, 5.74) is 8.31. The van der Waals surface area contributed by atoms with Crippen LogP contribution < -0.4 is 5.73 Å². The molecular formula is C12H9N3S. The average molecular weight is 227 g/mol. The molecule has 0 bridgehead atoms. The first-order chi connectivity index (χ1) is 7.84. The van der Waals surface area contributed by atoms with E-state index >= 15 is 0 Å². The molecule has 0 aliphatic carbocycles. The summed E-state index contributed by atoms with van der Waals surface area (Å²) < 4.78 is 1.16. The van der Waals surface area contributed by atoms with Gasteiger partial charge in [-0.2, -0.15) is 0 Å². The number of anilines is 1. The molecular weight excluding hydrogens is 218 g/mol. The fourth-order valence-corrected chi connectivity index (χ4v) is 2.55. The molecule has 0 aliphatic rings. The molecule has 2 N–H and O–H groups in total. The lowest BCUT2D eigenvalue weighted by Gasteiger charge is -1.98. The highest BCUT2D eigenvalue weighted by Gasteiger charge is 2.09. The third kappa shape index (κ3) is 1.44. The third-order valence-electron chi connectivity index (χ3n) is 2.34. The van der Waals surface area contributed by atoms with Crippen molar-refractivity contribution in [2.24, 2.45) is 0 Å². The Bertz CT molecular complexity index is 612. The van der Waals surface area contributed by atoms with Crippen LogP contribution in [0.15, 0.2) is 42.6 Å². The number of pyridine rings is 1. The van der Waals surface area contributed by atoms with Crippen molar-refractivity contribution in [2.75, 3.05) is 5.73 Å². The Labute approximate surface area is 96.6 Å². The number of aromatic nitrogens is 2. The maximum atomic E-state index is 5.88. The van der Waals surface area contributed by atoms with Crippen LogP contribution in [-0.2, 0) is 0 Å². The summed E-state index contributed by atoms with van der Waals surface area (Å²) in [6.45, 7) is 0.